The molecular weight excluding hydrogens is 493 g/mol. The number of nitrogens with zero attached hydrogens (tertiary/aromatic N) is 1. The molecule has 0 bridgehead atoms. The molecule has 1 aliphatic heterocycles. The van der Waals surface area contributed by atoms with Crippen LogP contribution in [-0.2, 0) is 11.4 Å². The summed E-state index contributed by atoms with van der Waals surface area (Å²) in [4.78, 5) is 26.6. The Hall–Kier alpha value is -3.49. The molecule has 0 N–H and O–H groups in total. The first-order valence-corrected chi connectivity index (χ1v) is 11.8. The van der Waals surface area contributed by atoms with E-state index in [-0.39, 0.29) is 36.7 Å². The molecule has 0 atom stereocenters. The summed E-state index contributed by atoms with van der Waals surface area (Å²) in [5.41, 5.74) is 1.49. The normalized spacial score (nSPS) is 14.5. The van der Waals surface area contributed by atoms with E-state index in [1.807, 2.05) is 0 Å². The summed E-state index contributed by atoms with van der Waals surface area (Å²) in [7, 11) is 1.51. The SMILES string of the molecule is COc1cc(/C=C2\SC(=O)N(CCOc3ccc(Cl)cc3)C2=O)ccc1OCc1ccc(F)cc1. The van der Waals surface area contributed by atoms with Gasteiger partial charge in [0.2, 0.25) is 0 Å². The quantitative estimate of drug-likeness (QED) is 0.318. The monoisotopic (exact) mass is 513 g/mol. The van der Waals surface area contributed by atoms with Crippen molar-refractivity contribution in [3.8, 4) is 17.2 Å². The summed E-state index contributed by atoms with van der Waals surface area (Å²) in [6.45, 7) is 0.540. The Bertz CT molecular complexity index is 1250. The predicted molar refractivity (Wildman–Crippen MR) is 133 cm³/mol. The minimum Gasteiger partial charge on any atom is -0.493 e. The van der Waals surface area contributed by atoms with Crippen molar-refractivity contribution in [2.75, 3.05) is 20.3 Å². The summed E-state index contributed by atoms with van der Waals surface area (Å²) in [6, 6.07) is 18.1. The summed E-state index contributed by atoms with van der Waals surface area (Å²) in [5, 5.41) is 0.240. The first-order chi connectivity index (χ1) is 16.9. The predicted octanol–water partition coefficient (Wildman–Crippen LogP) is 6.18. The van der Waals surface area contributed by atoms with E-state index >= 15 is 0 Å². The van der Waals surface area contributed by atoms with Gasteiger partial charge in [-0.25, -0.2) is 4.39 Å². The molecule has 0 spiro atoms. The lowest BCUT2D eigenvalue weighted by Crippen LogP contribution is -2.32. The second-order valence-corrected chi connectivity index (χ2v) is 8.89. The Kier molecular flexibility index (Phi) is 7.94. The summed E-state index contributed by atoms with van der Waals surface area (Å²) in [6.07, 6.45) is 1.64. The highest BCUT2D eigenvalue weighted by molar-refractivity contribution is 8.18. The molecule has 180 valence electrons. The third-order valence-electron chi connectivity index (χ3n) is 5.06. The third-order valence-corrected chi connectivity index (χ3v) is 6.22. The molecule has 1 saturated heterocycles. The number of halogens is 2. The molecule has 9 heteroatoms. The van der Waals surface area contributed by atoms with Gasteiger partial charge >= 0.3 is 0 Å². The van der Waals surface area contributed by atoms with Crippen LogP contribution in [0.4, 0.5) is 9.18 Å². The smallest absolute Gasteiger partial charge is 0.293 e. The van der Waals surface area contributed by atoms with Crippen LogP contribution in [-0.4, -0.2) is 36.3 Å². The number of hydrogen-bond acceptors (Lipinski definition) is 6. The van der Waals surface area contributed by atoms with Gasteiger partial charge in [0, 0.05) is 5.02 Å². The van der Waals surface area contributed by atoms with E-state index in [0.29, 0.717) is 32.7 Å². The third kappa shape index (κ3) is 6.35. The van der Waals surface area contributed by atoms with Crippen LogP contribution in [0.15, 0.2) is 71.6 Å². The lowest BCUT2D eigenvalue weighted by molar-refractivity contribution is -0.123. The van der Waals surface area contributed by atoms with E-state index in [2.05, 4.69) is 0 Å². The highest BCUT2D eigenvalue weighted by Gasteiger charge is 2.34. The fraction of sp³-hybridized carbons (Fsp3) is 0.154. The van der Waals surface area contributed by atoms with Crippen LogP contribution < -0.4 is 14.2 Å². The molecule has 0 radical (unpaired) electrons. The Morgan fingerprint density at radius 1 is 0.971 bits per heavy atom. The second-order valence-electron chi connectivity index (χ2n) is 7.46. The number of thioether (sulfide) groups is 1. The van der Waals surface area contributed by atoms with Crippen LogP contribution in [0.3, 0.4) is 0 Å². The van der Waals surface area contributed by atoms with Crippen molar-refractivity contribution in [3.05, 3.63) is 93.6 Å². The number of ether oxygens (including phenoxy) is 3. The maximum absolute atomic E-state index is 13.1. The van der Waals surface area contributed by atoms with Gasteiger partial charge in [-0.05, 0) is 77.5 Å². The van der Waals surface area contributed by atoms with Crippen molar-refractivity contribution in [2.24, 2.45) is 0 Å². The molecule has 1 fully saturated rings. The summed E-state index contributed by atoms with van der Waals surface area (Å²) >= 11 is 6.73. The van der Waals surface area contributed by atoms with Gasteiger partial charge in [0.1, 0.15) is 24.8 Å². The fourth-order valence-corrected chi connectivity index (χ4v) is 4.26. The number of benzene rings is 3. The lowest BCUT2D eigenvalue weighted by Gasteiger charge is -2.13. The van der Waals surface area contributed by atoms with Crippen molar-refractivity contribution in [3.63, 3.8) is 0 Å². The molecule has 3 aromatic carbocycles. The Balaban J connectivity index is 1.38. The van der Waals surface area contributed by atoms with Crippen molar-refractivity contribution in [2.45, 2.75) is 6.61 Å². The van der Waals surface area contributed by atoms with Crippen molar-refractivity contribution < 1.29 is 28.2 Å². The molecule has 0 saturated carbocycles. The number of carbonyl (C=O) groups excluding carboxylic acids is 2. The first kappa shape index (κ1) is 24.6. The number of rotatable bonds is 9. The molecule has 0 aromatic heterocycles. The molecule has 6 nitrogen and oxygen atoms in total. The van der Waals surface area contributed by atoms with Crippen molar-refractivity contribution in [1.29, 1.82) is 0 Å². The minimum absolute atomic E-state index is 0.129. The Morgan fingerprint density at radius 2 is 1.71 bits per heavy atom. The van der Waals surface area contributed by atoms with Crippen LogP contribution >= 0.6 is 23.4 Å². The van der Waals surface area contributed by atoms with Gasteiger partial charge in [0.25, 0.3) is 11.1 Å². The summed E-state index contributed by atoms with van der Waals surface area (Å²) < 4.78 is 29.9. The standard InChI is InChI=1S/C26H21ClFNO5S/c1-32-23-14-18(4-11-22(23)34-16-17-2-7-20(28)8-3-17)15-24-25(30)29(26(31)35-24)12-13-33-21-9-5-19(27)6-10-21/h2-11,14-15H,12-13,16H2,1H3/b24-15-. The molecule has 4 rings (SSSR count). The fourth-order valence-electron chi connectivity index (χ4n) is 3.26. The average Bonchev–Trinajstić information content (AvgIpc) is 3.12. The molecule has 1 heterocycles. The zero-order valence-corrected chi connectivity index (χ0v) is 20.3. The largest absolute Gasteiger partial charge is 0.493 e. The van der Waals surface area contributed by atoms with E-state index in [1.165, 1.54) is 19.2 Å². The van der Waals surface area contributed by atoms with E-state index in [0.717, 1.165) is 22.2 Å². The number of amides is 2. The van der Waals surface area contributed by atoms with Crippen LogP contribution in [0.5, 0.6) is 17.2 Å². The number of hydrogen-bond donors (Lipinski definition) is 0. The zero-order chi connectivity index (χ0) is 24.8. The molecule has 0 aliphatic carbocycles. The highest BCUT2D eigenvalue weighted by Crippen LogP contribution is 2.34. The van der Waals surface area contributed by atoms with Crippen LogP contribution in [0.1, 0.15) is 11.1 Å². The van der Waals surface area contributed by atoms with Crippen molar-refractivity contribution in [1.82, 2.24) is 4.90 Å². The van der Waals surface area contributed by atoms with Crippen molar-refractivity contribution >= 4 is 40.6 Å². The van der Waals surface area contributed by atoms with Crippen LogP contribution in [0, 0.1) is 5.82 Å². The molecule has 2 amide bonds. The second kappa shape index (κ2) is 11.3. The van der Waals surface area contributed by atoms with Gasteiger partial charge in [-0.3, -0.25) is 14.5 Å². The van der Waals surface area contributed by atoms with Crippen LogP contribution in [0.2, 0.25) is 5.02 Å². The molecule has 1 aliphatic rings. The van der Waals surface area contributed by atoms with E-state index in [1.54, 1.807) is 60.7 Å². The van der Waals surface area contributed by atoms with E-state index < -0.39 is 0 Å². The first-order valence-electron chi connectivity index (χ1n) is 10.6. The molecule has 35 heavy (non-hydrogen) atoms. The van der Waals surface area contributed by atoms with E-state index in [4.69, 9.17) is 25.8 Å². The number of imide groups is 1. The van der Waals surface area contributed by atoms with Gasteiger partial charge in [0.15, 0.2) is 11.5 Å². The van der Waals surface area contributed by atoms with Gasteiger partial charge in [-0.1, -0.05) is 29.8 Å². The lowest BCUT2D eigenvalue weighted by atomic mass is 10.1. The topological polar surface area (TPSA) is 65.1 Å². The number of carbonyl (C=O) groups is 2. The van der Waals surface area contributed by atoms with Gasteiger partial charge < -0.3 is 14.2 Å². The average molecular weight is 514 g/mol. The Morgan fingerprint density at radius 3 is 2.43 bits per heavy atom. The van der Waals surface area contributed by atoms with Gasteiger partial charge in [0.05, 0.1) is 18.6 Å². The maximum Gasteiger partial charge on any atom is 0.293 e. The molecular formula is C26H21ClFNO5S. The van der Waals surface area contributed by atoms with E-state index in [9.17, 15) is 14.0 Å². The molecule has 3 aromatic rings. The zero-order valence-electron chi connectivity index (χ0n) is 18.7. The Labute approximate surface area is 211 Å². The van der Waals surface area contributed by atoms with Gasteiger partial charge in [-0.2, -0.15) is 0 Å². The maximum atomic E-state index is 13.1. The number of methoxy groups -OCH3 is 1. The highest BCUT2D eigenvalue weighted by atomic mass is 35.5. The molecule has 0 unspecified atom stereocenters. The van der Waals surface area contributed by atoms with Crippen LogP contribution in [0.25, 0.3) is 6.08 Å². The summed E-state index contributed by atoms with van der Waals surface area (Å²) in [5.74, 6) is 0.883. The van der Waals surface area contributed by atoms with Gasteiger partial charge in [-0.15, -0.1) is 0 Å². The minimum atomic E-state index is -0.379.